The highest BCUT2D eigenvalue weighted by Crippen LogP contribution is 2.19. The molecule has 0 aliphatic carbocycles. The van der Waals surface area contributed by atoms with E-state index in [1.54, 1.807) is 0 Å². The molecule has 19 heavy (non-hydrogen) atoms. The Balaban J connectivity index is 2.17. The first-order valence-corrected chi connectivity index (χ1v) is 6.22. The van der Waals surface area contributed by atoms with Gasteiger partial charge in [0.25, 0.3) is 0 Å². The molecule has 0 saturated carbocycles. The van der Waals surface area contributed by atoms with Crippen LogP contribution in [0.15, 0.2) is 66.3 Å². The van der Waals surface area contributed by atoms with Crippen molar-refractivity contribution in [2.75, 3.05) is 0 Å². The van der Waals surface area contributed by atoms with E-state index in [0.717, 1.165) is 16.7 Å². The van der Waals surface area contributed by atoms with Crippen LogP contribution in [-0.2, 0) is 0 Å². The van der Waals surface area contributed by atoms with Crippen molar-refractivity contribution in [3.63, 3.8) is 0 Å². The molecule has 0 radical (unpaired) electrons. The average molecular weight is 251 g/mol. The van der Waals surface area contributed by atoms with Crippen LogP contribution >= 0.6 is 0 Å². The van der Waals surface area contributed by atoms with Gasteiger partial charge in [0.05, 0.1) is 5.71 Å². The van der Waals surface area contributed by atoms with Gasteiger partial charge < -0.3 is 5.21 Å². The number of oxime groups is 1. The topological polar surface area (TPSA) is 32.6 Å². The monoisotopic (exact) mass is 251 g/mol. The molecule has 0 aromatic heterocycles. The molecular formula is C17H17NO. The fourth-order valence-electron chi connectivity index (χ4n) is 1.92. The molecule has 0 aliphatic rings. The van der Waals surface area contributed by atoms with Crippen LogP contribution in [0.2, 0.25) is 0 Å². The highest BCUT2D eigenvalue weighted by Gasteiger charge is 2.07. The third-order valence-corrected chi connectivity index (χ3v) is 3.07. The molecule has 0 saturated heterocycles. The van der Waals surface area contributed by atoms with E-state index in [1.165, 1.54) is 5.56 Å². The Morgan fingerprint density at radius 3 is 2.21 bits per heavy atom. The zero-order valence-electron chi connectivity index (χ0n) is 11.0. The summed E-state index contributed by atoms with van der Waals surface area (Å²) in [5, 5.41) is 12.6. The lowest BCUT2D eigenvalue weighted by molar-refractivity contribution is 0.318. The Morgan fingerprint density at radius 1 is 1.00 bits per heavy atom. The molecule has 0 fully saturated rings. The van der Waals surface area contributed by atoms with Crippen molar-refractivity contribution < 1.29 is 5.21 Å². The van der Waals surface area contributed by atoms with Gasteiger partial charge in [-0.15, -0.1) is 0 Å². The molecule has 0 unspecified atom stereocenters. The number of nitrogens with zero attached hydrogens (tertiary/aromatic N) is 1. The lowest BCUT2D eigenvalue weighted by atomic mass is 9.98. The van der Waals surface area contributed by atoms with Gasteiger partial charge in [-0.2, -0.15) is 0 Å². The molecule has 2 aromatic rings. The molecule has 0 heterocycles. The van der Waals surface area contributed by atoms with Gasteiger partial charge >= 0.3 is 0 Å². The fraction of sp³-hybridized carbons (Fsp3) is 0.118. The zero-order valence-corrected chi connectivity index (χ0v) is 11.0. The summed E-state index contributed by atoms with van der Waals surface area (Å²) in [7, 11) is 0. The minimum atomic E-state index is 0.531. The van der Waals surface area contributed by atoms with Crippen molar-refractivity contribution in [1.82, 2.24) is 0 Å². The minimum absolute atomic E-state index is 0.531. The maximum Gasteiger partial charge on any atom is 0.0911 e. The Hall–Kier alpha value is -2.35. The molecule has 1 N–H and O–H groups in total. The lowest BCUT2D eigenvalue weighted by Gasteiger charge is -2.08. The molecule has 2 rings (SSSR count). The predicted octanol–water partition coefficient (Wildman–Crippen LogP) is 4.28. The molecule has 0 amide bonds. The normalized spacial score (nSPS) is 11.3. The van der Waals surface area contributed by atoms with Crippen LogP contribution in [0.1, 0.15) is 23.1 Å². The Morgan fingerprint density at radius 2 is 1.63 bits per heavy atom. The van der Waals surface area contributed by atoms with Crippen LogP contribution in [0.4, 0.5) is 0 Å². The van der Waals surface area contributed by atoms with Gasteiger partial charge in [-0.05, 0) is 23.6 Å². The standard InChI is InChI=1S/C17H17NO/c1-13-8-10-16(11-9-13)17(18-19)12-14(2)15-6-4-3-5-7-15/h3-11,19H,2,12H2,1H3/b18-17-. The molecule has 0 spiro atoms. The highest BCUT2D eigenvalue weighted by molar-refractivity contribution is 6.05. The van der Waals surface area contributed by atoms with E-state index in [9.17, 15) is 5.21 Å². The highest BCUT2D eigenvalue weighted by atomic mass is 16.4. The van der Waals surface area contributed by atoms with Crippen molar-refractivity contribution in [1.29, 1.82) is 0 Å². The summed E-state index contributed by atoms with van der Waals surface area (Å²) in [6, 6.07) is 17.9. The maximum atomic E-state index is 9.19. The van der Waals surface area contributed by atoms with Crippen molar-refractivity contribution in [2.45, 2.75) is 13.3 Å². The SMILES string of the molecule is C=C(C/C(=N/O)c1ccc(C)cc1)c1ccccc1. The summed E-state index contributed by atoms with van der Waals surface area (Å²) in [4.78, 5) is 0. The van der Waals surface area contributed by atoms with Gasteiger partial charge in [0, 0.05) is 6.42 Å². The third kappa shape index (κ3) is 3.32. The Labute approximate surface area is 113 Å². The molecule has 2 nitrogen and oxygen atoms in total. The van der Waals surface area contributed by atoms with Gasteiger partial charge in [0.1, 0.15) is 0 Å². The second kappa shape index (κ2) is 6.01. The summed E-state index contributed by atoms with van der Waals surface area (Å²) in [6.45, 7) is 6.09. The lowest BCUT2D eigenvalue weighted by Crippen LogP contribution is -2.02. The fourth-order valence-corrected chi connectivity index (χ4v) is 1.92. The van der Waals surface area contributed by atoms with Crippen LogP contribution in [0.3, 0.4) is 0 Å². The van der Waals surface area contributed by atoms with E-state index in [0.29, 0.717) is 12.1 Å². The number of aryl methyl sites for hydroxylation is 1. The first kappa shape index (κ1) is 13.1. The van der Waals surface area contributed by atoms with E-state index in [2.05, 4.69) is 11.7 Å². The van der Waals surface area contributed by atoms with Crippen molar-refractivity contribution >= 4 is 11.3 Å². The summed E-state index contributed by atoms with van der Waals surface area (Å²) < 4.78 is 0. The number of hydrogen-bond acceptors (Lipinski definition) is 2. The van der Waals surface area contributed by atoms with Crippen LogP contribution < -0.4 is 0 Å². The second-order valence-corrected chi connectivity index (χ2v) is 4.56. The number of benzene rings is 2. The predicted molar refractivity (Wildman–Crippen MR) is 79.6 cm³/mol. The Kier molecular flexibility index (Phi) is 4.14. The third-order valence-electron chi connectivity index (χ3n) is 3.07. The van der Waals surface area contributed by atoms with E-state index in [-0.39, 0.29) is 0 Å². The zero-order chi connectivity index (χ0) is 13.7. The largest absolute Gasteiger partial charge is 0.411 e. The first-order chi connectivity index (χ1) is 9.20. The molecule has 0 bridgehead atoms. The first-order valence-electron chi connectivity index (χ1n) is 6.22. The molecular weight excluding hydrogens is 234 g/mol. The van der Waals surface area contributed by atoms with Crippen LogP contribution in [0.25, 0.3) is 5.57 Å². The summed E-state index contributed by atoms with van der Waals surface area (Å²) in [6.07, 6.45) is 0.531. The van der Waals surface area contributed by atoms with E-state index >= 15 is 0 Å². The number of allylic oxidation sites excluding steroid dienone is 1. The van der Waals surface area contributed by atoms with E-state index < -0.39 is 0 Å². The van der Waals surface area contributed by atoms with Gasteiger partial charge in [-0.3, -0.25) is 0 Å². The van der Waals surface area contributed by atoms with E-state index in [4.69, 9.17) is 0 Å². The number of hydrogen-bond donors (Lipinski definition) is 1. The van der Waals surface area contributed by atoms with Gasteiger partial charge in [-0.25, -0.2) is 0 Å². The van der Waals surface area contributed by atoms with Crippen LogP contribution in [-0.4, -0.2) is 10.9 Å². The van der Waals surface area contributed by atoms with Crippen molar-refractivity contribution in [3.8, 4) is 0 Å². The van der Waals surface area contributed by atoms with E-state index in [1.807, 2.05) is 61.5 Å². The average Bonchev–Trinajstić information content (AvgIpc) is 2.46. The summed E-state index contributed by atoms with van der Waals surface area (Å²) in [5.74, 6) is 0. The summed E-state index contributed by atoms with van der Waals surface area (Å²) >= 11 is 0. The number of rotatable bonds is 4. The molecule has 0 aliphatic heterocycles. The molecule has 0 atom stereocenters. The minimum Gasteiger partial charge on any atom is -0.411 e. The van der Waals surface area contributed by atoms with Crippen molar-refractivity contribution in [3.05, 3.63) is 77.9 Å². The van der Waals surface area contributed by atoms with Crippen LogP contribution in [0.5, 0.6) is 0 Å². The summed E-state index contributed by atoms with van der Waals surface area (Å²) in [5.41, 5.74) is 4.74. The van der Waals surface area contributed by atoms with Gasteiger partial charge in [-0.1, -0.05) is 71.9 Å². The quantitative estimate of drug-likeness (QED) is 0.491. The molecule has 96 valence electrons. The van der Waals surface area contributed by atoms with Gasteiger partial charge in [0.15, 0.2) is 0 Å². The second-order valence-electron chi connectivity index (χ2n) is 4.56. The molecule has 2 heteroatoms. The smallest absolute Gasteiger partial charge is 0.0911 e. The maximum absolute atomic E-state index is 9.19. The van der Waals surface area contributed by atoms with Gasteiger partial charge in [0.2, 0.25) is 0 Å². The molecule has 2 aromatic carbocycles. The Bertz CT molecular complexity index is 582. The van der Waals surface area contributed by atoms with Crippen LogP contribution in [0, 0.1) is 6.92 Å². The van der Waals surface area contributed by atoms with Crippen molar-refractivity contribution in [2.24, 2.45) is 5.16 Å².